The van der Waals surface area contributed by atoms with E-state index in [1.807, 2.05) is 0 Å². The van der Waals surface area contributed by atoms with Crippen LogP contribution in [0.15, 0.2) is 18.5 Å². The smallest absolute Gasteiger partial charge is 0.321 e. The number of methoxy groups -OCH3 is 1. The molecule has 16 heavy (non-hydrogen) atoms. The minimum absolute atomic E-state index is 0.147. The molecular formula is C9H10BrN3O3. The first-order chi connectivity index (χ1) is 7.65. The molecule has 1 amide bonds. The van der Waals surface area contributed by atoms with Crippen LogP contribution in [-0.4, -0.2) is 40.6 Å². The van der Waals surface area contributed by atoms with Crippen LogP contribution in [0.5, 0.6) is 0 Å². The van der Waals surface area contributed by atoms with Crippen molar-refractivity contribution in [2.45, 2.75) is 4.83 Å². The van der Waals surface area contributed by atoms with Crippen LogP contribution in [0.4, 0.5) is 0 Å². The first-order valence-electron chi connectivity index (χ1n) is 4.42. The van der Waals surface area contributed by atoms with Crippen LogP contribution in [0.25, 0.3) is 0 Å². The molecule has 1 aromatic heterocycles. The molecule has 1 aromatic rings. The molecule has 0 aliphatic carbocycles. The summed E-state index contributed by atoms with van der Waals surface area (Å²) in [7, 11) is 1.28. The van der Waals surface area contributed by atoms with Crippen LogP contribution in [0, 0.1) is 0 Å². The Kier molecular flexibility index (Phi) is 4.84. The molecule has 1 unspecified atom stereocenters. The number of hydrogen-bond acceptors (Lipinski definition) is 5. The quantitative estimate of drug-likeness (QED) is 0.629. The number of nitrogens with zero attached hydrogens (tertiary/aromatic N) is 2. The van der Waals surface area contributed by atoms with Crippen molar-refractivity contribution >= 4 is 27.8 Å². The fraction of sp³-hybridized carbons (Fsp3) is 0.333. The van der Waals surface area contributed by atoms with Gasteiger partial charge in [-0.2, -0.15) is 10.2 Å². The zero-order valence-electron chi connectivity index (χ0n) is 8.51. The highest BCUT2D eigenvalue weighted by molar-refractivity contribution is 9.10. The molecule has 0 aliphatic rings. The van der Waals surface area contributed by atoms with E-state index in [4.69, 9.17) is 0 Å². The number of nitrogens with one attached hydrogen (secondary N) is 1. The Labute approximate surface area is 101 Å². The SMILES string of the molecule is COC(=O)C(Br)CNC(=O)c1ccnnc1. The third-order valence-corrected chi connectivity index (χ3v) is 2.44. The third-order valence-electron chi connectivity index (χ3n) is 1.75. The third kappa shape index (κ3) is 3.58. The van der Waals surface area contributed by atoms with Crippen LogP contribution in [-0.2, 0) is 9.53 Å². The van der Waals surface area contributed by atoms with E-state index in [1.54, 1.807) is 0 Å². The Morgan fingerprint density at radius 3 is 2.88 bits per heavy atom. The molecule has 1 N–H and O–H groups in total. The highest BCUT2D eigenvalue weighted by atomic mass is 79.9. The van der Waals surface area contributed by atoms with Gasteiger partial charge in [-0.1, -0.05) is 15.9 Å². The molecule has 0 radical (unpaired) electrons. The topological polar surface area (TPSA) is 81.2 Å². The van der Waals surface area contributed by atoms with Crippen LogP contribution >= 0.6 is 15.9 Å². The number of hydrogen-bond donors (Lipinski definition) is 1. The Bertz CT molecular complexity index is 372. The van der Waals surface area contributed by atoms with Crippen LogP contribution in [0.3, 0.4) is 0 Å². The van der Waals surface area contributed by atoms with Gasteiger partial charge in [0.25, 0.3) is 5.91 Å². The van der Waals surface area contributed by atoms with Crippen molar-refractivity contribution in [2.75, 3.05) is 13.7 Å². The van der Waals surface area contributed by atoms with Gasteiger partial charge in [0.2, 0.25) is 0 Å². The van der Waals surface area contributed by atoms with Crippen LogP contribution in [0.1, 0.15) is 10.4 Å². The van der Waals surface area contributed by atoms with Crippen LogP contribution in [0.2, 0.25) is 0 Å². The molecule has 1 rings (SSSR count). The summed E-state index contributed by atoms with van der Waals surface area (Å²) in [6.45, 7) is 0.147. The lowest BCUT2D eigenvalue weighted by molar-refractivity contribution is -0.139. The van der Waals surface area contributed by atoms with Gasteiger partial charge >= 0.3 is 5.97 Å². The first kappa shape index (κ1) is 12.6. The van der Waals surface area contributed by atoms with Crippen LogP contribution < -0.4 is 5.32 Å². The van der Waals surface area contributed by atoms with Gasteiger partial charge in [-0.15, -0.1) is 0 Å². The van der Waals surface area contributed by atoms with E-state index in [2.05, 4.69) is 36.2 Å². The van der Waals surface area contributed by atoms with Crippen molar-refractivity contribution < 1.29 is 14.3 Å². The fourth-order valence-electron chi connectivity index (χ4n) is 0.921. The predicted molar refractivity (Wildman–Crippen MR) is 59.1 cm³/mol. The molecule has 0 spiro atoms. The monoisotopic (exact) mass is 287 g/mol. The zero-order chi connectivity index (χ0) is 12.0. The number of rotatable bonds is 4. The van der Waals surface area contributed by atoms with Gasteiger partial charge in [-0.3, -0.25) is 9.59 Å². The molecule has 1 atom stereocenters. The maximum absolute atomic E-state index is 11.5. The summed E-state index contributed by atoms with van der Waals surface area (Å²) >= 11 is 3.09. The highest BCUT2D eigenvalue weighted by Crippen LogP contribution is 2.01. The molecule has 7 heteroatoms. The molecule has 1 heterocycles. The van der Waals surface area contributed by atoms with Gasteiger partial charge < -0.3 is 10.1 Å². The first-order valence-corrected chi connectivity index (χ1v) is 5.33. The van der Waals surface area contributed by atoms with Gasteiger partial charge in [0, 0.05) is 6.54 Å². The second kappa shape index (κ2) is 6.16. The van der Waals surface area contributed by atoms with E-state index < -0.39 is 10.8 Å². The Hall–Kier alpha value is -1.50. The minimum atomic E-state index is -0.559. The number of ether oxygens (including phenoxy) is 1. The molecule has 0 fully saturated rings. The van der Waals surface area contributed by atoms with Gasteiger partial charge in [0.1, 0.15) is 4.83 Å². The highest BCUT2D eigenvalue weighted by Gasteiger charge is 2.16. The van der Waals surface area contributed by atoms with Crippen molar-refractivity contribution in [3.05, 3.63) is 24.0 Å². The lowest BCUT2D eigenvalue weighted by Gasteiger charge is -2.08. The van der Waals surface area contributed by atoms with Gasteiger partial charge in [-0.25, -0.2) is 0 Å². The Morgan fingerprint density at radius 1 is 1.56 bits per heavy atom. The molecular weight excluding hydrogens is 278 g/mol. The minimum Gasteiger partial charge on any atom is -0.468 e. The fourth-order valence-corrected chi connectivity index (χ4v) is 1.27. The molecule has 86 valence electrons. The molecule has 6 nitrogen and oxygen atoms in total. The van der Waals surface area contributed by atoms with Gasteiger partial charge in [0.05, 0.1) is 25.1 Å². The van der Waals surface area contributed by atoms with Crippen molar-refractivity contribution in [1.29, 1.82) is 0 Å². The number of carbonyl (C=O) groups excluding carboxylic acids is 2. The van der Waals surface area contributed by atoms with E-state index in [9.17, 15) is 9.59 Å². The van der Waals surface area contributed by atoms with E-state index >= 15 is 0 Å². The zero-order valence-corrected chi connectivity index (χ0v) is 10.1. The van der Waals surface area contributed by atoms with E-state index in [0.717, 1.165) is 0 Å². The number of esters is 1. The summed E-state index contributed by atoms with van der Waals surface area (Å²) in [6.07, 6.45) is 2.76. The average Bonchev–Trinajstić information content (AvgIpc) is 2.35. The number of alkyl halides is 1. The lowest BCUT2D eigenvalue weighted by Crippen LogP contribution is -2.33. The number of aromatic nitrogens is 2. The Balaban J connectivity index is 2.45. The van der Waals surface area contributed by atoms with Gasteiger partial charge in [-0.05, 0) is 6.07 Å². The number of halogens is 1. The van der Waals surface area contributed by atoms with Crippen molar-refractivity contribution in [1.82, 2.24) is 15.5 Å². The summed E-state index contributed by atoms with van der Waals surface area (Å²) < 4.78 is 4.49. The molecule has 0 bridgehead atoms. The number of amides is 1. The van der Waals surface area contributed by atoms with E-state index in [1.165, 1.54) is 25.6 Å². The lowest BCUT2D eigenvalue weighted by atomic mass is 10.3. The molecule has 0 aliphatic heterocycles. The average molecular weight is 288 g/mol. The van der Waals surface area contributed by atoms with Crippen molar-refractivity contribution in [2.24, 2.45) is 0 Å². The van der Waals surface area contributed by atoms with E-state index in [0.29, 0.717) is 5.56 Å². The standard InChI is InChI=1S/C9H10BrN3O3/c1-16-9(15)7(10)5-11-8(14)6-2-3-12-13-4-6/h2-4,7H,5H2,1H3,(H,11,14). The second-order valence-corrected chi connectivity index (χ2v) is 3.94. The summed E-state index contributed by atoms with van der Waals surface area (Å²) in [5.74, 6) is -0.753. The number of carbonyl (C=O) groups is 2. The molecule has 0 aromatic carbocycles. The normalized spacial score (nSPS) is 11.6. The summed E-state index contributed by atoms with van der Waals surface area (Å²) in [5, 5.41) is 9.68. The van der Waals surface area contributed by atoms with Crippen molar-refractivity contribution in [3.8, 4) is 0 Å². The maximum atomic E-state index is 11.5. The van der Waals surface area contributed by atoms with Gasteiger partial charge in [0.15, 0.2) is 0 Å². The predicted octanol–water partition coefficient (Wildman–Crippen LogP) is 0.143. The second-order valence-electron chi connectivity index (χ2n) is 2.83. The molecule has 0 saturated heterocycles. The van der Waals surface area contributed by atoms with Crippen molar-refractivity contribution in [3.63, 3.8) is 0 Å². The largest absolute Gasteiger partial charge is 0.468 e. The Morgan fingerprint density at radius 2 is 2.31 bits per heavy atom. The maximum Gasteiger partial charge on any atom is 0.321 e. The summed E-state index contributed by atoms with van der Waals surface area (Å²) in [6, 6.07) is 1.53. The summed E-state index contributed by atoms with van der Waals surface area (Å²) in [5.41, 5.74) is 0.388. The van der Waals surface area contributed by atoms with E-state index in [-0.39, 0.29) is 12.5 Å². The molecule has 0 saturated carbocycles. The summed E-state index contributed by atoms with van der Waals surface area (Å²) in [4.78, 5) is 22.0.